The maximum Gasteiger partial charge on any atom is 0.356 e. The minimum atomic E-state index is -0.739. The molecule has 0 aliphatic carbocycles. The lowest BCUT2D eigenvalue weighted by molar-refractivity contribution is -0.123. The van der Waals surface area contributed by atoms with Crippen molar-refractivity contribution in [2.75, 3.05) is 47.3 Å². The number of nitrogens with one attached hydrogen (secondary N) is 1. The molecule has 1 aromatic heterocycles. The van der Waals surface area contributed by atoms with Crippen LogP contribution in [0.5, 0.6) is 17.2 Å². The Labute approximate surface area is 219 Å². The topological polar surface area (TPSA) is 148 Å². The molecule has 0 saturated carbocycles. The van der Waals surface area contributed by atoms with E-state index in [1.165, 1.54) is 40.6 Å². The van der Waals surface area contributed by atoms with E-state index >= 15 is 0 Å². The van der Waals surface area contributed by atoms with Gasteiger partial charge in [-0.15, -0.1) is 0 Å². The van der Waals surface area contributed by atoms with Crippen molar-refractivity contribution in [3.63, 3.8) is 0 Å². The van der Waals surface area contributed by atoms with Gasteiger partial charge in [0.15, 0.2) is 6.61 Å². The highest BCUT2D eigenvalue weighted by Gasteiger charge is 2.22. The molecule has 0 unspecified atom stereocenters. The molecule has 0 radical (unpaired) electrons. The molecule has 2 aromatic carbocycles. The lowest BCUT2D eigenvalue weighted by atomic mass is 10.0. The summed E-state index contributed by atoms with van der Waals surface area (Å²) in [4.78, 5) is 40.7. The number of aromatic nitrogens is 1. The fourth-order valence-corrected chi connectivity index (χ4v) is 3.58. The van der Waals surface area contributed by atoms with Crippen molar-refractivity contribution in [2.24, 2.45) is 0 Å². The second-order valence-corrected chi connectivity index (χ2v) is 7.94. The maximum absolute atomic E-state index is 12.3. The van der Waals surface area contributed by atoms with E-state index in [1.54, 1.807) is 12.1 Å². The van der Waals surface area contributed by atoms with E-state index in [1.807, 2.05) is 24.3 Å². The van der Waals surface area contributed by atoms with Gasteiger partial charge in [0.05, 0.1) is 34.0 Å². The van der Waals surface area contributed by atoms with Crippen LogP contribution in [0, 0.1) is 0 Å². The first-order chi connectivity index (χ1) is 18.3. The fraction of sp³-hybridized carbons (Fsp3) is 0.259. The van der Waals surface area contributed by atoms with Gasteiger partial charge in [-0.2, -0.15) is 0 Å². The third-order valence-corrected chi connectivity index (χ3v) is 5.47. The van der Waals surface area contributed by atoms with Crippen LogP contribution >= 0.6 is 0 Å². The maximum atomic E-state index is 12.3. The molecule has 3 rings (SSSR count). The van der Waals surface area contributed by atoms with Crippen LogP contribution in [0.2, 0.25) is 0 Å². The molecule has 3 aromatic rings. The van der Waals surface area contributed by atoms with Crippen LogP contribution < -0.4 is 25.3 Å². The Morgan fingerprint density at radius 1 is 0.842 bits per heavy atom. The van der Waals surface area contributed by atoms with Crippen LogP contribution in [0.3, 0.4) is 0 Å². The van der Waals surface area contributed by atoms with Gasteiger partial charge in [0.25, 0.3) is 5.91 Å². The Morgan fingerprint density at radius 3 is 1.89 bits per heavy atom. The number of pyridine rings is 1. The summed E-state index contributed by atoms with van der Waals surface area (Å²) >= 11 is 0. The van der Waals surface area contributed by atoms with E-state index < -0.39 is 11.9 Å². The SMILES string of the molecule is COC(=O)c1cc(-c2c(OC)cc(OCC(=O)NCCc3ccc(N)cc3)cc2OC)cc(C(=O)OC)n1. The first kappa shape index (κ1) is 27.8. The lowest BCUT2D eigenvalue weighted by Crippen LogP contribution is -2.30. The zero-order chi connectivity index (χ0) is 27.7. The van der Waals surface area contributed by atoms with Gasteiger partial charge in [-0.1, -0.05) is 12.1 Å². The first-order valence-corrected chi connectivity index (χ1v) is 11.5. The molecule has 0 aliphatic heterocycles. The third kappa shape index (κ3) is 6.90. The van der Waals surface area contributed by atoms with Gasteiger partial charge in [-0.25, -0.2) is 14.6 Å². The van der Waals surface area contributed by atoms with Crippen LogP contribution in [0.1, 0.15) is 26.5 Å². The van der Waals surface area contributed by atoms with Crippen molar-refractivity contribution < 1.29 is 38.1 Å². The number of esters is 2. The molecule has 200 valence electrons. The highest BCUT2D eigenvalue weighted by atomic mass is 16.5. The summed E-state index contributed by atoms with van der Waals surface area (Å²) in [5, 5.41) is 2.80. The number of nitrogen functional groups attached to an aromatic ring is 1. The highest BCUT2D eigenvalue weighted by molar-refractivity contribution is 5.95. The van der Waals surface area contributed by atoms with Gasteiger partial charge in [0, 0.05) is 24.4 Å². The molecule has 0 saturated heterocycles. The van der Waals surface area contributed by atoms with Gasteiger partial charge in [-0.05, 0) is 41.8 Å². The van der Waals surface area contributed by atoms with Gasteiger partial charge >= 0.3 is 11.9 Å². The van der Waals surface area contributed by atoms with Crippen LogP contribution in [0.25, 0.3) is 11.1 Å². The molecule has 11 heteroatoms. The smallest absolute Gasteiger partial charge is 0.356 e. The number of benzene rings is 2. The van der Waals surface area contributed by atoms with Crippen LogP contribution in [-0.4, -0.2) is 64.4 Å². The van der Waals surface area contributed by atoms with E-state index in [4.69, 9.17) is 29.4 Å². The number of hydrogen-bond acceptors (Lipinski definition) is 10. The van der Waals surface area contributed by atoms with Crippen LogP contribution in [-0.2, 0) is 20.7 Å². The minimum absolute atomic E-state index is 0.106. The Bertz CT molecular complexity index is 1250. The number of nitrogens with zero attached hydrogens (tertiary/aromatic N) is 1. The molecule has 0 bridgehead atoms. The summed E-state index contributed by atoms with van der Waals surface area (Å²) in [6, 6.07) is 13.4. The quantitative estimate of drug-likeness (QED) is 0.284. The predicted octanol–water partition coefficient (Wildman–Crippen LogP) is 2.66. The Kier molecular flexibility index (Phi) is 9.47. The molecule has 1 amide bonds. The molecular formula is C27H29N3O8. The van der Waals surface area contributed by atoms with E-state index in [-0.39, 0.29) is 23.9 Å². The Hall–Kier alpha value is -4.80. The average molecular weight is 524 g/mol. The number of hydrogen-bond donors (Lipinski definition) is 2. The number of nitrogens with two attached hydrogens (primary N) is 1. The molecule has 11 nitrogen and oxygen atoms in total. The van der Waals surface area contributed by atoms with E-state index in [0.29, 0.717) is 47.0 Å². The lowest BCUT2D eigenvalue weighted by Gasteiger charge is -2.17. The van der Waals surface area contributed by atoms with Gasteiger partial charge in [-0.3, -0.25) is 4.79 Å². The Balaban J connectivity index is 1.80. The predicted molar refractivity (Wildman–Crippen MR) is 139 cm³/mol. The molecular weight excluding hydrogens is 494 g/mol. The normalized spacial score (nSPS) is 10.3. The second kappa shape index (κ2) is 12.9. The van der Waals surface area contributed by atoms with E-state index in [9.17, 15) is 14.4 Å². The number of carbonyl (C=O) groups excluding carboxylic acids is 3. The third-order valence-electron chi connectivity index (χ3n) is 5.47. The highest BCUT2D eigenvalue weighted by Crippen LogP contribution is 2.42. The molecule has 0 atom stereocenters. The van der Waals surface area contributed by atoms with Crippen molar-refractivity contribution in [1.82, 2.24) is 10.3 Å². The summed E-state index contributed by atoms with van der Waals surface area (Å²) in [6.07, 6.45) is 0.648. The van der Waals surface area contributed by atoms with E-state index in [2.05, 4.69) is 10.3 Å². The molecule has 1 heterocycles. The molecule has 3 N–H and O–H groups in total. The number of rotatable bonds is 11. The zero-order valence-corrected chi connectivity index (χ0v) is 21.5. The van der Waals surface area contributed by atoms with Gasteiger partial charge in [0.1, 0.15) is 28.6 Å². The molecule has 0 spiro atoms. The Morgan fingerprint density at radius 2 is 1.39 bits per heavy atom. The van der Waals surface area contributed by atoms with Crippen LogP contribution in [0.4, 0.5) is 5.69 Å². The largest absolute Gasteiger partial charge is 0.496 e. The van der Waals surface area contributed by atoms with Crippen molar-refractivity contribution in [1.29, 1.82) is 0 Å². The monoisotopic (exact) mass is 523 g/mol. The molecule has 0 fully saturated rings. The number of ether oxygens (including phenoxy) is 5. The van der Waals surface area contributed by atoms with Crippen molar-refractivity contribution in [2.45, 2.75) is 6.42 Å². The summed E-state index contributed by atoms with van der Waals surface area (Å²) in [5.74, 6) is -0.856. The van der Waals surface area contributed by atoms with Crippen molar-refractivity contribution in [3.05, 3.63) is 65.5 Å². The fourth-order valence-electron chi connectivity index (χ4n) is 3.58. The number of carbonyl (C=O) groups is 3. The number of methoxy groups -OCH3 is 4. The standard InChI is InChI=1S/C27H29N3O8/c1-34-22-13-19(38-15-24(31)29-10-9-16-5-7-18(28)8-6-16)14-23(35-2)25(22)17-11-20(26(32)36-3)30-21(12-17)27(33)37-4/h5-8,11-14H,9-10,15,28H2,1-4H3,(H,29,31). The average Bonchev–Trinajstić information content (AvgIpc) is 2.95. The molecule has 38 heavy (non-hydrogen) atoms. The molecule has 0 aliphatic rings. The van der Waals surface area contributed by atoms with E-state index in [0.717, 1.165) is 5.56 Å². The summed E-state index contributed by atoms with van der Waals surface area (Å²) < 4.78 is 26.3. The summed E-state index contributed by atoms with van der Waals surface area (Å²) in [5.41, 5.74) is 8.02. The zero-order valence-electron chi connectivity index (χ0n) is 21.5. The van der Waals surface area contributed by atoms with Crippen LogP contribution in [0.15, 0.2) is 48.5 Å². The second-order valence-electron chi connectivity index (χ2n) is 7.94. The first-order valence-electron chi connectivity index (χ1n) is 11.5. The van der Waals surface area contributed by atoms with Gasteiger partial charge in [0.2, 0.25) is 0 Å². The minimum Gasteiger partial charge on any atom is -0.496 e. The van der Waals surface area contributed by atoms with Crippen molar-refractivity contribution >= 4 is 23.5 Å². The summed E-state index contributed by atoms with van der Waals surface area (Å²) in [6.45, 7) is 0.201. The number of anilines is 1. The van der Waals surface area contributed by atoms with Crippen molar-refractivity contribution in [3.8, 4) is 28.4 Å². The summed E-state index contributed by atoms with van der Waals surface area (Å²) in [7, 11) is 5.29. The van der Waals surface area contributed by atoms with Gasteiger partial charge < -0.3 is 34.7 Å². The number of amides is 1.